The molecule has 0 aliphatic carbocycles. The second kappa shape index (κ2) is 7.06. The van der Waals surface area contributed by atoms with Gasteiger partial charge in [0.25, 0.3) is 5.91 Å². The van der Waals surface area contributed by atoms with Crippen LogP contribution in [0.15, 0.2) is 30.3 Å². The Bertz CT molecular complexity index is 633. The summed E-state index contributed by atoms with van der Waals surface area (Å²) >= 11 is 0. The van der Waals surface area contributed by atoms with E-state index in [1.807, 2.05) is 6.07 Å². The third-order valence-electron chi connectivity index (χ3n) is 4.96. The SMILES string of the molecule is O=C(c1ccccc1)N1C[C@H]2CC[C@@H](C1)N(C(=O)CCC(F)(F)F)C2. The van der Waals surface area contributed by atoms with Crippen molar-refractivity contribution in [3.63, 3.8) is 0 Å². The van der Waals surface area contributed by atoms with Crippen LogP contribution in [0.4, 0.5) is 13.2 Å². The Morgan fingerprint density at radius 3 is 2.44 bits per heavy atom. The number of carbonyl (C=O) groups is 2. The molecule has 0 radical (unpaired) electrons. The molecule has 7 heteroatoms. The first-order valence-corrected chi connectivity index (χ1v) is 8.54. The second-order valence-electron chi connectivity index (χ2n) is 6.83. The zero-order valence-electron chi connectivity index (χ0n) is 13.8. The van der Waals surface area contributed by atoms with E-state index in [1.165, 1.54) is 0 Å². The number of carbonyl (C=O) groups excluding carboxylic acids is 2. The van der Waals surface area contributed by atoms with Gasteiger partial charge in [0.15, 0.2) is 0 Å². The fourth-order valence-electron chi connectivity index (χ4n) is 3.71. The van der Waals surface area contributed by atoms with E-state index < -0.39 is 24.9 Å². The highest BCUT2D eigenvalue weighted by Gasteiger charge is 2.39. The Balaban J connectivity index is 1.68. The molecule has 136 valence electrons. The van der Waals surface area contributed by atoms with Crippen LogP contribution < -0.4 is 0 Å². The minimum Gasteiger partial charge on any atom is -0.338 e. The maximum absolute atomic E-state index is 12.7. The van der Waals surface area contributed by atoms with Gasteiger partial charge < -0.3 is 9.80 Å². The number of hydrogen-bond donors (Lipinski definition) is 0. The number of alkyl halides is 3. The van der Waals surface area contributed by atoms with Crippen molar-refractivity contribution in [1.82, 2.24) is 9.80 Å². The van der Waals surface area contributed by atoms with E-state index in [2.05, 4.69) is 0 Å². The van der Waals surface area contributed by atoms with Crippen LogP contribution in [0.5, 0.6) is 0 Å². The van der Waals surface area contributed by atoms with Gasteiger partial charge in [0.1, 0.15) is 0 Å². The molecule has 1 aromatic carbocycles. The first-order chi connectivity index (χ1) is 11.8. The predicted octanol–water partition coefficient (Wildman–Crippen LogP) is 3.09. The molecule has 3 fully saturated rings. The molecule has 2 atom stereocenters. The Morgan fingerprint density at radius 2 is 1.76 bits per heavy atom. The van der Waals surface area contributed by atoms with Crippen LogP contribution >= 0.6 is 0 Å². The van der Waals surface area contributed by atoms with E-state index >= 15 is 0 Å². The summed E-state index contributed by atoms with van der Waals surface area (Å²) in [5.41, 5.74) is 0.596. The number of rotatable bonds is 3. The molecular formula is C18H21F3N2O2. The van der Waals surface area contributed by atoms with Crippen molar-refractivity contribution >= 4 is 11.8 Å². The van der Waals surface area contributed by atoms with Gasteiger partial charge in [-0.1, -0.05) is 18.2 Å². The lowest BCUT2D eigenvalue weighted by Crippen LogP contribution is -2.47. The Morgan fingerprint density at radius 1 is 1.04 bits per heavy atom. The molecule has 25 heavy (non-hydrogen) atoms. The summed E-state index contributed by atoms with van der Waals surface area (Å²) in [5.74, 6) is -0.413. The highest BCUT2D eigenvalue weighted by molar-refractivity contribution is 5.94. The van der Waals surface area contributed by atoms with Crippen molar-refractivity contribution in [2.24, 2.45) is 5.92 Å². The summed E-state index contributed by atoms with van der Waals surface area (Å²) in [6.07, 6.45) is -4.30. The summed E-state index contributed by atoms with van der Waals surface area (Å²) in [6, 6.07) is 8.75. The molecule has 0 unspecified atom stereocenters. The van der Waals surface area contributed by atoms with Gasteiger partial charge in [0, 0.05) is 37.7 Å². The van der Waals surface area contributed by atoms with Crippen LogP contribution in [0.2, 0.25) is 0 Å². The van der Waals surface area contributed by atoms with Gasteiger partial charge in [-0.2, -0.15) is 13.2 Å². The third-order valence-corrected chi connectivity index (χ3v) is 4.96. The van der Waals surface area contributed by atoms with Crippen LogP contribution in [0.1, 0.15) is 36.0 Å². The van der Waals surface area contributed by atoms with Crippen molar-refractivity contribution < 1.29 is 22.8 Å². The van der Waals surface area contributed by atoms with Crippen LogP contribution in [-0.2, 0) is 4.79 Å². The van der Waals surface area contributed by atoms with Gasteiger partial charge in [0.2, 0.25) is 5.91 Å². The fraction of sp³-hybridized carbons (Fsp3) is 0.556. The molecule has 0 spiro atoms. The normalized spacial score (nSPS) is 23.5. The molecule has 2 amide bonds. The maximum atomic E-state index is 12.7. The molecule has 4 nitrogen and oxygen atoms in total. The first-order valence-electron chi connectivity index (χ1n) is 8.54. The van der Waals surface area contributed by atoms with E-state index in [1.54, 1.807) is 34.1 Å². The molecule has 4 rings (SSSR count). The molecular weight excluding hydrogens is 333 g/mol. The molecule has 0 saturated carbocycles. The van der Waals surface area contributed by atoms with Crippen LogP contribution in [0.25, 0.3) is 0 Å². The lowest BCUT2D eigenvalue weighted by Gasteiger charge is -2.36. The summed E-state index contributed by atoms with van der Waals surface area (Å²) in [5, 5.41) is 0. The highest BCUT2D eigenvalue weighted by Crippen LogP contribution is 2.30. The van der Waals surface area contributed by atoms with Crippen molar-refractivity contribution in [1.29, 1.82) is 0 Å². The van der Waals surface area contributed by atoms with Gasteiger partial charge in [-0.25, -0.2) is 0 Å². The summed E-state index contributed by atoms with van der Waals surface area (Å²) in [7, 11) is 0. The molecule has 2 bridgehead atoms. The highest BCUT2D eigenvalue weighted by atomic mass is 19.4. The van der Waals surface area contributed by atoms with Crippen molar-refractivity contribution in [2.75, 3.05) is 19.6 Å². The minimum absolute atomic E-state index is 0.0814. The predicted molar refractivity (Wildman–Crippen MR) is 85.9 cm³/mol. The van der Waals surface area contributed by atoms with E-state index in [4.69, 9.17) is 0 Å². The molecule has 3 aliphatic heterocycles. The van der Waals surface area contributed by atoms with Crippen LogP contribution in [0.3, 0.4) is 0 Å². The topological polar surface area (TPSA) is 40.6 Å². The summed E-state index contributed by atoms with van der Waals surface area (Å²) in [6.45, 7) is 1.38. The van der Waals surface area contributed by atoms with E-state index in [9.17, 15) is 22.8 Å². The van der Waals surface area contributed by atoms with Gasteiger partial charge in [0.05, 0.1) is 6.42 Å². The number of piperidine rings is 1. The van der Waals surface area contributed by atoms with Gasteiger partial charge in [-0.15, -0.1) is 0 Å². The standard InChI is InChI=1S/C18H21F3N2O2/c19-18(20,21)9-8-16(24)23-11-13-6-7-15(23)12-22(10-13)17(25)14-4-2-1-3-5-14/h1-5,13,15H,6-12H2/t13-,15+/m1/s1. The Kier molecular flexibility index (Phi) is 5.01. The number of fused-ring (bicyclic) bond motifs is 4. The minimum atomic E-state index is -4.32. The number of amides is 2. The Hall–Kier alpha value is -2.05. The van der Waals surface area contributed by atoms with Crippen molar-refractivity contribution in [3.05, 3.63) is 35.9 Å². The number of benzene rings is 1. The molecule has 3 saturated heterocycles. The lowest BCUT2D eigenvalue weighted by molar-refractivity contribution is -0.151. The lowest BCUT2D eigenvalue weighted by atomic mass is 9.94. The number of halogens is 3. The Labute approximate surface area is 144 Å². The molecule has 3 aliphatic rings. The van der Waals surface area contributed by atoms with Crippen LogP contribution in [-0.4, -0.2) is 53.5 Å². The van der Waals surface area contributed by atoms with Crippen molar-refractivity contribution in [2.45, 2.75) is 37.9 Å². The van der Waals surface area contributed by atoms with E-state index in [-0.39, 0.29) is 17.9 Å². The second-order valence-corrected chi connectivity index (χ2v) is 6.83. The number of nitrogens with zero attached hydrogens (tertiary/aromatic N) is 2. The zero-order valence-corrected chi connectivity index (χ0v) is 13.8. The van der Waals surface area contributed by atoms with Gasteiger partial charge in [-0.05, 0) is 30.9 Å². The van der Waals surface area contributed by atoms with E-state index in [0.717, 1.165) is 12.8 Å². The molecule has 3 heterocycles. The third kappa shape index (κ3) is 4.32. The quantitative estimate of drug-likeness (QED) is 0.837. The average molecular weight is 354 g/mol. The average Bonchev–Trinajstić information content (AvgIpc) is 2.91. The van der Waals surface area contributed by atoms with Gasteiger partial charge >= 0.3 is 6.18 Å². The number of hydrogen-bond acceptors (Lipinski definition) is 2. The fourth-order valence-corrected chi connectivity index (χ4v) is 3.71. The van der Waals surface area contributed by atoms with E-state index in [0.29, 0.717) is 25.2 Å². The monoisotopic (exact) mass is 354 g/mol. The maximum Gasteiger partial charge on any atom is 0.389 e. The summed E-state index contributed by atoms with van der Waals surface area (Å²) < 4.78 is 37.1. The van der Waals surface area contributed by atoms with Gasteiger partial charge in [-0.3, -0.25) is 9.59 Å². The zero-order chi connectivity index (χ0) is 18.0. The van der Waals surface area contributed by atoms with Crippen LogP contribution in [0, 0.1) is 5.92 Å². The van der Waals surface area contributed by atoms with Crippen molar-refractivity contribution in [3.8, 4) is 0 Å². The summed E-state index contributed by atoms with van der Waals surface area (Å²) in [4.78, 5) is 28.2. The molecule has 0 aromatic heterocycles. The smallest absolute Gasteiger partial charge is 0.338 e. The molecule has 1 aromatic rings. The largest absolute Gasteiger partial charge is 0.389 e. The molecule has 0 N–H and O–H groups in total. The first kappa shape index (κ1) is 17.8.